The summed E-state index contributed by atoms with van der Waals surface area (Å²) in [4.78, 5) is 20.6. The number of aryl methyl sites for hydroxylation is 1. The van der Waals surface area contributed by atoms with Crippen molar-refractivity contribution in [1.82, 2.24) is 9.97 Å². The molecule has 1 amide bonds. The fraction of sp³-hybridized carbons (Fsp3) is 0.0625. The second kappa shape index (κ2) is 5.20. The van der Waals surface area contributed by atoms with Gasteiger partial charge in [0.25, 0.3) is 5.91 Å². The van der Waals surface area contributed by atoms with Gasteiger partial charge >= 0.3 is 0 Å². The van der Waals surface area contributed by atoms with Crippen molar-refractivity contribution in [1.29, 1.82) is 0 Å². The molecule has 5 heteroatoms. The van der Waals surface area contributed by atoms with E-state index in [0.29, 0.717) is 11.4 Å². The zero-order chi connectivity index (χ0) is 14.8. The number of carbonyl (C=O) groups is 1. The smallest absolute Gasteiger partial charge is 0.257 e. The molecule has 0 unspecified atom stereocenters. The maximum atomic E-state index is 12.3. The van der Waals surface area contributed by atoms with E-state index < -0.39 is 0 Å². The lowest BCUT2D eigenvalue weighted by atomic mass is 10.1. The number of nitrogen functional groups attached to an aromatic ring is 1. The zero-order valence-electron chi connectivity index (χ0n) is 11.5. The Hall–Kier alpha value is -2.95. The monoisotopic (exact) mass is 278 g/mol. The first kappa shape index (κ1) is 13.1. The Balaban J connectivity index is 1.98. The predicted octanol–water partition coefficient (Wildman–Crippen LogP) is 2.77. The minimum absolute atomic E-state index is 0.224. The molecule has 0 atom stereocenters. The number of hydrogen-bond donors (Lipinski definition) is 2. The molecule has 0 spiro atoms. The van der Waals surface area contributed by atoms with Crippen molar-refractivity contribution < 1.29 is 4.79 Å². The fourth-order valence-electron chi connectivity index (χ4n) is 2.15. The van der Waals surface area contributed by atoms with Gasteiger partial charge in [-0.3, -0.25) is 9.78 Å². The standard InChI is InChI=1S/C16H14N4O/c1-10-8-14(12-4-2-3-5-13(12)19-10)20-16(21)11-6-7-15(17)18-9-11/h2-9H,1H3,(H2,17,18)(H,19,20,21). The number of anilines is 2. The third-order valence-corrected chi connectivity index (χ3v) is 3.14. The molecule has 3 rings (SSSR count). The number of rotatable bonds is 2. The molecule has 0 saturated heterocycles. The number of nitrogens with two attached hydrogens (primary N) is 1. The van der Waals surface area contributed by atoms with Gasteiger partial charge in [-0.1, -0.05) is 18.2 Å². The van der Waals surface area contributed by atoms with Crippen LogP contribution in [0, 0.1) is 6.92 Å². The Kier molecular flexibility index (Phi) is 3.23. The van der Waals surface area contributed by atoms with Crippen LogP contribution in [0.1, 0.15) is 16.1 Å². The van der Waals surface area contributed by atoms with Gasteiger partial charge in [-0.2, -0.15) is 0 Å². The van der Waals surface area contributed by atoms with E-state index in [4.69, 9.17) is 5.73 Å². The molecule has 0 fully saturated rings. The first-order valence-electron chi connectivity index (χ1n) is 6.53. The third-order valence-electron chi connectivity index (χ3n) is 3.14. The lowest BCUT2D eigenvalue weighted by molar-refractivity contribution is 0.102. The van der Waals surface area contributed by atoms with E-state index >= 15 is 0 Å². The second-order valence-corrected chi connectivity index (χ2v) is 4.75. The Bertz CT molecular complexity index is 812. The molecule has 0 bridgehead atoms. The van der Waals surface area contributed by atoms with Crippen LogP contribution in [-0.2, 0) is 0 Å². The Morgan fingerprint density at radius 2 is 2.00 bits per heavy atom. The largest absolute Gasteiger partial charge is 0.384 e. The summed E-state index contributed by atoms with van der Waals surface area (Å²) in [5.74, 6) is 0.162. The minimum atomic E-state index is -0.224. The SMILES string of the molecule is Cc1cc(NC(=O)c2ccc(N)nc2)c2ccccc2n1. The van der Waals surface area contributed by atoms with Crippen LogP contribution >= 0.6 is 0 Å². The first-order chi connectivity index (χ1) is 10.1. The van der Waals surface area contributed by atoms with Gasteiger partial charge in [-0.05, 0) is 31.2 Å². The van der Waals surface area contributed by atoms with E-state index in [1.54, 1.807) is 12.1 Å². The molecule has 2 heterocycles. The molecule has 21 heavy (non-hydrogen) atoms. The van der Waals surface area contributed by atoms with Crippen LogP contribution in [-0.4, -0.2) is 15.9 Å². The molecule has 3 aromatic rings. The van der Waals surface area contributed by atoms with Crippen molar-refractivity contribution in [2.45, 2.75) is 6.92 Å². The van der Waals surface area contributed by atoms with Crippen molar-refractivity contribution in [2.75, 3.05) is 11.1 Å². The summed E-state index contributed by atoms with van der Waals surface area (Å²) in [6.45, 7) is 1.90. The molecular formula is C16H14N4O. The lowest BCUT2D eigenvalue weighted by Crippen LogP contribution is -2.13. The molecule has 0 aliphatic carbocycles. The van der Waals surface area contributed by atoms with E-state index in [0.717, 1.165) is 22.3 Å². The molecular weight excluding hydrogens is 264 g/mol. The van der Waals surface area contributed by atoms with Gasteiger partial charge in [0.05, 0.1) is 16.8 Å². The molecule has 0 aliphatic rings. The van der Waals surface area contributed by atoms with Gasteiger partial charge < -0.3 is 11.1 Å². The summed E-state index contributed by atoms with van der Waals surface area (Å²) in [6.07, 6.45) is 1.46. The van der Waals surface area contributed by atoms with Gasteiger partial charge in [-0.15, -0.1) is 0 Å². The summed E-state index contributed by atoms with van der Waals surface area (Å²) < 4.78 is 0. The fourth-order valence-corrected chi connectivity index (χ4v) is 2.15. The number of benzene rings is 1. The van der Waals surface area contributed by atoms with Crippen molar-refractivity contribution in [3.63, 3.8) is 0 Å². The van der Waals surface area contributed by atoms with Gasteiger partial charge in [0.1, 0.15) is 5.82 Å². The van der Waals surface area contributed by atoms with Gasteiger partial charge in [0.15, 0.2) is 0 Å². The van der Waals surface area contributed by atoms with Gasteiger partial charge in [-0.25, -0.2) is 4.98 Å². The van der Waals surface area contributed by atoms with Crippen LogP contribution in [0.4, 0.5) is 11.5 Å². The number of aromatic nitrogens is 2. The van der Waals surface area contributed by atoms with E-state index in [9.17, 15) is 4.79 Å². The number of para-hydroxylation sites is 1. The molecule has 0 aliphatic heterocycles. The average molecular weight is 278 g/mol. The van der Waals surface area contributed by atoms with Crippen LogP contribution in [0.5, 0.6) is 0 Å². The maximum Gasteiger partial charge on any atom is 0.257 e. The quantitative estimate of drug-likeness (QED) is 0.755. The summed E-state index contributed by atoms with van der Waals surface area (Å²) in [5, 5.41) is 3.80. The Labute approximate surface area is 121 Å². The molecule has 0 radical (unpaired) electrons. The second-order valence-electron chi connectivity index (χ2n) is 4.75. The Morgan fingerprint density at radius 1 is 1.19 bits per heavy atom. The molecule has 3 N–H and O–H groups in total. The number of amides is 1. The third kappa shape index (κ3) is 2.67. The molecule has 0 saturated carbocycles. The highest BCUT2D eigenvalue weighted by atomic mass is 16.1. The lowest BCUT2D eigenvalue weighted by Gasteiger charge is -2.09. The molecule has 5 nitrogen and oxygen atoms in total. The van der Waals surface area contributed by atoms with Crippen LogP contribution in [0.3, 0.4) is 0 Å². The topological polar surface area (TPSA) is 80.9 Å². The van der Waals surface area contributed by atoms with Crippen LogP contribution in [0.25, 0.3) is 10.9 Å². The Morgan fingerprint density at radius 3 is 2.76 bits per heavy atom. The summed E-state index contributed by atoms with van der Waals surface area (Å²) in [5.41, 5.74) is 8.42. The van der Waals surface area contributed by atoms with Crippen molar-refractivity contribution in [2.24, 2.45) is 0 Å². The van der Waals surface area contributed by atoms with E-state index in [2.05, 4.69) is 15.3 Å². The number of nitrogens with one attached hydrogen (secondary N) is 1. The van der Waals surface area contributed by atoms with Crippen molar-refractivity contribution >= 4 is 28.3 Å². The van der Waals surface area contributed by atoms with Crippen LogP contribution in [0.15, 0.2) is 48.7 Å². The van der Waals surface area contributed by atoms with Gasteiger partial charge in [0.2, 0.25) is 0 Å². The maximum absolute atomic E-state index is 12.3. The normalized spacial score (nSPS) is 10.5. The minimum Gasteiger partial charge on any atom is -0.384 e. The van der Waals surface area contributed by atoms with E-state index in [1.165, 1.54) is 6.20 Å². The summed E-state index contributed by atoms with van der Waals surface area (Å²) in [6, 6.07) is 12.8. The van der Waals surface area contributed by atoms with E-state index in [-0.39, 0.29) is 5.91 Å². The van der Waals surface area contributed by atoms with Crippen molar-refractivity contribution in [3.8, 4) is 0 Å². The number of pyridine rings is 2. The predicted molar refractivity (Wildman–Crippen MR) is 83.1 cm³/mol. The number of hydrogen-bond acceptors (Lipinski definition) is 4. The molecule has 104 valence electrons. The molecule has 1 aromatic carbocycles. The van der Waals surface area contributed by atoms with Crippen LogP contribution in [0.2, 0.25) is 0 Å². The highest BCUT2D eigenvalue weighted by molar-refractivity contribution is 6.08. The highest BCUT2D eigenvalue weighted by Gasteiger charge is 2.10. The molecule has 2 aromatic heterocycles. The highest BCUT2D eigenvalue weighted by Crippen LogP contribution is 2.23. The van der Waals surface area contributed by atoms with E-state index in [1.807, 2.05) is 37.3 Å². The summed E-state index contributed by atoms with van der Waals surface area (Å²) in [7, 11) is 0. The average Bonchev–Trinajstić information content (AvgIpc) is 2.47. The van der Waals surface area contributed by atoms with Crippen molar-refractivity contribution in [3.05, 3.63) is 59.9 Å². The zero-order valence-corrected chi connectivity index (χ0v) is 11.5. The number of nitrogens with zero attached hydrogens (tertiary/aromatic N) is 2. The number of fused-ring (bicyclic) bond motifs is 1. The summed E-state index contributed by atoms with van der Waals surface area (Å²) >= 11 is 0. The van der Waals surface area contributed by atoms with Gasteiger partial charge in [0, 0.05) is 17.3 Å². The van der Waals surface area contributed by atoms with Crippen LogP contribution < -0.4 is 11.1 Å². The number of carbonyl (C=O) groups excluding carboxylic acids is 1. The first-order valence-corrected chi connectivity index (χ1v) is 6.53.